The second-order valence-corrected chi connectivity index (χ2v) is 17.3. The van der Waals surface area contributed by atoms with Gasteiger partial charge in [0.1, 0.15) is 31.4 Å². The second-order valence-electron chi connectivity index (χ2n) is 16.6. The van der Waals surface area contributed by atoms with E-state index in [1.807, 2.05) is 62.4 Å². The summed E-state index contributed by atoms with van der Waals surface area (Å²) >= 11 is 1.02. The van der Waals surface area contributed by atoms with E-state index in [4.69, 9.17) is 47.1 Å². The zero-order valence-corrected chi connectivity index (χ0v) is 36.5. The summed E-state index contributed by atoms with van der Waals surface area (Å²) in [5.74, 6) is -2.85. The lowest BCUT2D eigenvalue weighted by Crippen LogP contribution is -2.57. The van der Waals surface area contributed by atoms with Crippen molar-refractivity contribution in [1.82, 2.24) is 0 Å². The first-order valence-electron chi connectivity index (χ1n) is 20.1. The van der Waals surface area contributed by atoms with Gasteiger partial charge in [-0.3, -0.25) is 4.79 Å². The number of hydrogen-bond donors (Lipinski definition) is 1. The van der Waals surface area contributed by atoms with Crippen molar-refractivity contribution in [1.29, 1.82) is 0 Å². The summed E-state index contributed by atoms with van der Waals surface area (Å²) in [4.78, 5) is 37.6. The van der Waals surface area contributed by atoms with Crippen LogP contribution in [0.2, 0.25) is 0 Å². The molecule has 4 aliphatic carbocycles. The number of Topliss-reactive ketones (excluding diaryl/α,β-unsaturated/α-hetero) is 1. The third kappa shape index (κ3) is 8.55. The molecule has 14 heteroatoms. The average molecular weight is 841 g/mol. The van der Waals surface area contributed by atoms with E-state index in [-0.39, 0.29) is 61.1 Å². The van der Waals surface area contributed by atoms with E-state index < -0.39 is 59.2 Å². The Labute approximate surface area is 352 Å². The van der Waals surface area contributed by atoms with Crippen molar-refractivity contribution in [3.05, 3.63) is 88.8 Å². The summed E-state index contributed by atoms with van der Waals surface area (Å²) < 4.78 is 53.4. The van der Waals surface area contributed by atoms with Crippen molar-refractivity contribution in [3.63, 3.8) is 0 Å². The topological polar surface area (TPSA) is 147 Å². The summed E-state index contributed by atoms with van der Waals surface area (Å²) in [6.07, 6.45) is 6.19. The van der Waals surface area contributed by atoms with Gasteiger partial charge in [0.25, 0.3) is 0 Å². The second kappa shape index (κ2) is 19.3. The first-order valence-corrected chi connectivity index (χ1v) is 20.9. The number of fused-ring (bicyclic) bond motifs is 3. The number of allylic oxidation sites excluding steroid dienone is 2. The lowest BCUT2D eigenvalue weighted by Gasteiger charge is -2.55. The molecule has 1 saturated carbocycles. The van der Waals surface area contributed by atoms with Gasteiger partial charge in [-0.25, -0.2) is 9.68 Å². The number of aliphatic hydroxyl groups excluding tert-OH is 1. The number of ketones is 1. The molecule has 5 aliphatic rings. The number of benzene rings is 1. The van der Waals surface area contributed by atoms with Crippen LogP contribution in [0.5, 0.6) is 0 Å². The Hall–Kier alpha value is -3.15. The SMILES string of the molecule is COCO[C@@H]1[C@H]2C=C[C@H]3/C(C)=C/C(OOSc4ccccc4)C(O)/C(C)=C/[C@@H]4[C@@H](OCOC)C=C(C(OC)OC)C[C@]45OC(=O)C(=C5OC)C(=O)[C@@]3(C)[C@@H]2[C@@H](C)C[C@@H]1C. The van der Waals surface area contributed by atoms with Gasteiger partial charge in [-0.15, -0.1) is 0 Å². The summed E-state index contributed by atoms with van der Waals surface area (Å²) in [6, 6.07) is 9.46. The maximum atomic E-state index is 16.0. The van der Waals surface area contributed by atoms with Crippen LogP contribution in [0.15, 0.2) is 93.7 Å². The van der Waals surface area contributed by atoms with Gasteiger partial charge in [0.15, 0.2) is 23.4 Å². The Morgan fingerprint density at radius 1 is 0.881 bits per heavy atom. The quantitative estimate of drug-likeness (QED) is 0.0404. The van der Waals surface area contributed by atoms with Gasteiger partial charge < -0.3 is 43.0 Å². The maximum absolute atomic E-state index is 16.0. The number of rotatable bonds is 14. The molecule has 1 aliphatic heterocycles. The molecule has 0 aromatic heterocycles. The molecule has 1 spiro atoms. The molecule has 1 aromatic carbocycles. The number of aliphatic hydroxyl groups is 1. The van der Waals surface area contributed by atoms with E-state index in [1.54, 1.807) is 20.1 Å². The molecule has 1 aromatic rings. The van der Waals surface area contributed by atoms with Crippen LogP contribution in [-0.2, 0) is 56.7 Å². The van der Waals surface area contributed by atoms with Crippen LogP contribution in [-0.4, -0.2) is 102 Å². The molecule has 0 radical (unpaired) electrons. The van der Waals surface area contributed by atoms with Crippen molar-refractivity contribution in [2.45, 2.75) is 88.7 Å². The van der Waals surface area contributed by atoms with Crippen LogP contribution in [0, 0.1) is 40.9 Å². The fourth-order valence-electron chi connectivity index (χ4n) is 10.6. The molecule has 59 heavy (non-hydrogen) atoms. The fraction of sp³-hybridized carbons (Fsp3) is 0.600. The highest BCUT2D eigenvalue weighted by molar-refractivity contribution is 7.94. The van der Waals surface area contributed by atoms with Crippen LogP contribution >= 0.6 is 12.0 Å². The van der Waals surface area contributed by atoms with Crippen molar-refractivity contribution in [2.24, 2.45) is 40.9 Å². The first-order chi connectivity index (χ1) is 28.3. The zero-order chi connectivity index (χ0) is 42.6. The number of hydrogen-bond acceptors (Lipinski definition) is 14. The smallest absolute Gasteiger partial charge is 0.346 e. The van der Waals surface area contributed by atoms with Gasteiger partial charge in [0, 0.05) is 57.0 Å². The van der Waals surface area contributed by atoms with Gasteiger partial charge in [-0.2, -0.15) is 4.33 Å². The van der Waals surface area contributed by atoms with E-state index in [0.29, 0.717) is 11.1 Å². The average Bonchev–Trinajstić information content (AvgIpc) is 3.50. The number of carbonyl (C=O) groups is 2. The molecule has 2 bridgehead atoms. The van der Waals surface area contributed by atoms with Crippen LogP contribution in [0.3, 0.4) is 0 Å². The number of carbonyl (C=O) groups excluding carboxylic acids is 2. The van der Waals surface area contributed by atoms with Crippen LogP contribution in [0.1, 0.15) is 47.5 Å². The van der Waals surface area contributed by atoms with E-state index >= 15 is 4.79 Å². The highest BCUT2D eigenvalue weighted by Crippen LogP contribution is 2.60. The van der Waals surface area contributed by atoms with Crippen molar-refractivity contribution in [3.8, 4) is 0 Å². The number of esters is 1. The highest BCUT2D eigenvalue weighted by Gasteiger charge is 2.64. The summed E-state index contributed by atoms with van der Waals surface area (Å²) in [5, 5.41) is 12.3. The van der Waals surface area contributed by atoms with Crippen molar-refractivity contribution >= 4 is 23.8 Å². The van der Waals surface area contributed by atoms with Crippen LogP contribution in [0.4, 0.5) is 0 Å². The normalized spacial score (nSPS) is 37.7. The van der Waals surface area contributed by atoms with E-state index in [0.717, 1.165) is 28.9 Å². The molecule has 1 heterocycles. The van der Waals surface area contributed by atoms with Gasteiger partial charge in [0.05, 0.1) is 37.3 Å². The zero-order valence-electron chi connectivity index (χ0n) is 35.7. The third-order valence-corrected chi connectivity index (χ3v) is 13.6. The minimum absolute atomic E-state index is 0.0281. The summed E-state index contributed by atoms with van der Waals surface area (Å²) in [5.41, 5.74) is -1.23. The Bertz CT molecular complexity index is 1820. The molecule has 1 N–H and O–H groups in total. The predicted octanol–water partition coefficient (Wildman–Crippen LogP) is 6.69. The molecule has 12 atom stereocenters. The molecular weight excluding hydrogens is 781 g/mol. The third-order valence-electron chi connectivity index (χ3n) is 13.0. The largest absolute Gasteiger partial charge is 0.496 e. The molecule has 2 unspecified atom stereocenters. The monoisotopic (exact) mass is 840 g/mol. The van der Waals surface area contributed by atoms with Gasteiger partial charge in [-0.05, 0) is 61.3 Å². The van der Waals surface area contributed by atoms with E-state index in [1.165, 1.54) is 28.4 Å². The van der Waals surface area contributed by atoms with Crippen LogP contribution in [0.25, 0.3) is 0 Å². The minimum atomic E-state index is -1.63. The Kier molecular flexibility index (Phi) is 14.8. The molecular formula is C45H60O13S. The highest BCUT2D eigenvalue weighted by atomic mass is 32.2. The van der Waals surface area contributed by atoms with Crippen molar-refractivity contribution in [2.75, 3.05) is 49.1 Å². The maximum Gasteiger partial charge on any atom is 0.346 e. The molecule has 0 amide bonds. The summed E-state index contributed by atoms with van der Waals surface area (Å²) in [6.45, 7) is 9.92. The van der Waals surface area contributed by atoms with Gasteiger partial charge >= 0.3 is 5.97 Å². The molecule has 6 rings (SSSR count). The Balaban J connectivity index is 1.60. The number of methoxy groups -OCH3 is 5. The lowest BCUT2D eigenvalue weighted by atomic mass is 9.48. The lowest BCUT2D eigenvalue weighted by molar-refractivity contribution is -0.234. The van der Waals surface area contributed by atoms with Crippen molar-refractivity contribution < 1.29 is 61.8 Å². The molecule has 1 fully saturated rings. The molecule has 324 valence electrons. The summed E-state index contributed by atoms with van der Waals surface area (Å²) in [7, 11) is 7.55. The molecule has 13 nitrogen and oxygen atoms in total. The van der Waals surface area contributed by atoms with Gasteiger partial charge in [-0.1, -0.05) is 74.9 Å². The van der Waals surface area contributed by atoms with Gasteiger partial charge in [0.2, 0.25) is 0 Å². The van der Waals surface area contributed by atoms with E-state index in [9.17, 15) is 9.90 Å². The van der Waals surface area contributed by atoms with E-state index in [2.05, 4.69) is 19.9 Å². The Morgan fingerprint density at radius 3 is 2.24 bits per heavy atom. The number of ether oxygens (including phenoxy) is 8. The van der Waals surface area contributed by atoms with Crippen LogP contribution < -0.4 is 0 Å². The first kappa shape index (κ1) is 45.4. The minimum Gasteiger partial charge on any atom is -0.496 e. The standard InChI is InChI=1S/C45H60O13S/c1-25-20-35(57-58-59-30-14-12-11-13-15-30)38(46)27(3)19-33-34(54-23-49-6)21-29(43(52-9)53-10)22-45(33)41(51-8)36(42(48)56-45)40(47)44(5)32(25)17-16-31-37(44)26(2)18-28(4)39(31)55-24-50-7/h11-17,19-21,26,28,31-35,37-39,43,46H,18,22-24H2,1-10H3/b25-20+,27-19+/t26-,28-,31-,32-,33+,34-,35?,37+,38?,39-,44+,45-/m0/s1. The Morgan fingerprint density at radius 2 is 1.58 bits per heavy atom. The fourth-order valence-corrected chi connectivity index (χ4v) is 11.1. The predicted molar refractivity (Wildman–Crippen MR) is 218 cm³/mol. The molecule has 0 saturated heterocycles.